The van der Waals surface area contributed by atoms with Crippen molar-refractivity contribution < 1.29 is 24.9 Å². The maximum atomic E-state index is 11.8. The van der Waals surface area contributed by atoms with E-state index in [1.54, 1.807) is 12.2 Å². The normalized spacial score (nSPS) is 24.9. The first kappa shape index (κ1) is 23.1. The second kappa shape index (κ2) is 13.2. The molecule has 1 aliphatic carbocycles. The molecular formula is C22H32O5. The van der Waals surface area contributed by atoms with Crippen molar-refractivity contribution in [2.45, 2.75) is 64.1 Å². The highest BCUT2D eigenvalue weighted by atomic mass is 16.4. The molecule has 0 aromatic heterocycles. The molecule has 0 saturated heterocycles. The fourth-order valence-electron chi connectivity index (χ4n) is 3.18. The van der Waals surface area contributed by atoms with Gasteiger partial charge in [-0.3, -0.25) is 9.59 Å². The number of Topliss-reactive ketones (excluding diaryl/α,β-unsaturated/α-hetero) is 1. The van der Waals surface area contributed by atoms with Crippen molar-refractivity contribution >= 4 is 11.8 Å². The maximum Gasteiger partial charge on any atom is 0.303 e. The first-order chi connectivity index (χ1) is 13.0. The van der Waals surface area contributed by atoms with Crippen LogP contribution in [0.1, 0.15) is 51.9 Å². The summed E-state index contributed by atoms with van der Waals surface area (Å²) in [4.78, 5) is 22.1. The number of allylic oxidation sites excluding steroid dienone is 5. The summed E-state index contributed by atoms with van der Waals surface area (Å²) in [7, 11) is 0. The Balaban J connectivity index is 2.22. The Labute approximate surface area is 161 Å². The van der Waals surface area contributed by atoms with Crippen LogP contribution in [0.25, 0.3) is 0 Å². The first-order valence-electron chi connectivity index (χ1n) is 9.69. The van der Waals surface area contributed by atoms with Crippen molar-refractivity contribution in [1.82, 2.24) is 0 Å². The van der Waals surface area contributed by atoms with E-state index in [0.29, 0.717) is 19.3 Å². The molecule has 5 nitrogen and oxygen atoms in total. The van der Waals surface area contributed by atoms with E-state index < -0.39 is 18.2 Å². The van der Waals surface area contributed by atoms with Gasteiger partial charge >= 0.3 is 5.97 Å². The zero-order valence-electron chi connectivity index (χ0n) is 16.0. The number of rotatable bonds is 12. The van der Waals surface area contributed by atoms with Crippen molar-refractivity contribution in [2.24, 2.45) is 11.8 Å². The number of ketones is 1. The summed E-state index contributed by atoms with van der Waals surface area (Å²) < 4.78 is 0. The third kappa shape index (κ3) is 9.50. The Morgan fingerprint density at radius 3 is 2.41 bits per heavy atom. The monoisotopic (exact) mass is 376 g/mol. The van der Waals surface area contributed by atoms with E-state index in [-0.39, 0.29) is 30.5 Å². The largest absolute Gasteiger partial charge is 0.481 e. The summed E-state index contributed by atoms with van der Waals surface area (Å²) in [6.45, 7) is 1.94. The van der Waals surface area contributed by atoms with Gasteiger partial charge in [-0.1, -0.05) is 55.5 Å². The zero-order chi connectivity index (χ0) is 20.1. The number of hydrogen-bond donors (Lipinski definition) is 3. The Morgan fingerprint density at radius 2 is 1.78 bits per heavy atom. The highest BCUT2D eigenvalue weighted by Gasteiger charge is 2.38. The quantitative estimate of drug-likeness (QED) is 0.453. The minimum absolute atomic E-state index is 0.109. The predicted molar refractivity (Wildman–Crippen MR) is 106 cm³/mol. The fraction of sp³-hybridized carbons (Fsp3) is 0.545. The van der Waals surface area contributed by atoms with Gasteiger partial charge in [-0.05, 0) is 32.1 Å². The molecule has 0 amide bonds. The van der Waals surface area contributed by atoms with Gasteiger partial charge in [0.05, 0.1) is 12.2 Å². The van der Waals surface area contributed by atoms with E-state index in [0.717, 1.165) is 12.8 Å². The van der Waals surface area contributed by atoms with Crippen LogP contribution in [0.2, 0.25) is 0 Å². The predicted octanol–water partition coefficient (Wildman–Crippen LogP) is 3.58. The van der Waals surface area contributed by atoms with Crippen molar-refractivity contribution in [2.75, 3.05) is 0 Å². The minimum Gasteiger partial charge on any atom is -0.481 e. The molecule has 0 aromatic carbocycles. The van der Waals surface area contributed by atoms with Crippen LogP contribution in [0.5, 0.6) is 0 Å². The molecule has 0 unspecified atom stereocenters. The van der Waals surface area contributed by atoms with Crippen molar-refractivity contribution in [3.05, 3.63) is 48.6 Å². The van der Waals surface area contributed by atoms with E-state index in [2.05, 4.69) is 0 Å². The molecule has 0 aromatic rings. The summed E-state index contributed by atoms with van der Waals surface area (Å²) in [6, 6.07) is 0. The van der Waals surface area contributed by atoms with Crippen molar-refractivity contribution in [1.29, 1.82) is 0 Å². The lowest BCUT2D eigenvalue weighted by atomic mass is 9.91. The summed E-state index contributed by atoms with van der Waals surface area (Å²) in [5, 5.41) is 28.5. The van der Waals surface area contributed by atoms with Crippen LogP contribution in [0, 0.1) is 11.8 Å². The molecule has 4 atom stereocenters. The average molecular weight is 376 g/mol. The van der Waals surface area contributed by atoms with Crippen LogP contribution in [0.3, 0.4) is 0 Å². The van der Waals surface area contributed by atoms with Gasteiger partial charge < -0.3 is 15.3 Å². The highest BCUT2D eigenvalue weighted by Crippen LogP contribution is 2.32. The van der Waals surface area contributed by atoms with Gasteiger partial charge in [0.15, 0.2) is 0 Å². The van der Waals surface area contributed by atoms with Crippen LogP contribution in [0.4, 0.5) is 0 Å². The molecule has 0 radical (unpaired) electrons. The second-order valence-corrected chi connectivity index (χ2v) is 6.84. The van der Waals surface area contributed by atoms with E-state index in [1.807, 2.05) is 43.4 Å². The number of carboxylic acids is 1. The lowest BCUT2D eigenvalue weighted by molar-refractivity contribution is -0.136. The molecular weight excluding hydrogens is 344 g/mol. The molecule has 1 saturated carbocycles. The summed E-state index contributed by atoms with van der Waals surface area (Å²) in [5.41, 5.74) is 0. The number of aliphatic carboxylic acids is 1. The summed E-state index contributed by atoms with van der Waals surface area (Å²) in [6.07, 6.45) is 17.6. The van der Waals surface area contributed by atoms with Crippen LogP contribution in [-0.2, 0) is 9.59 Å². The van der Waals surface area contributed by atoms with Crippen LogP contribution >= 0.6 is 0 Å². The molecule has 1 aliphatic rings. The van der Waals surface area contributed by atoms with Crippen molar-refractivity contribution in [3.63, 3.8) is 0 Å². The molecule has 0 heterocycles. The lowest BCUT2D eigenvalue weighted by Gasteiger charge is -2.16. The number of aliphatic hydroxyl groups excluding tert-OH is 2. The highest BCUT2D eigenvalue weighted by molar-refractivity contribution is 5.84. The van der Waals surface area contributed by atoms with Crippen LogP contribution < -0.4 is 0 Å². The van der Waals surface area contributed by atoms with Gasteiger partial charge in [-0.15, -0.1) is 0 Å². The van der Waals surface area contributed by atoms with E-state index in [9.17, 15) is 19.8 Å². The number of carboxylic acid groups (broad SMARTS) is 1. The fourth-order valence-corrected chi connectivity index (χ4v) is 3.18. The van der Waals surface area contributed by atoms with Gasteiger partial charge in [0.2, 0.25) is 0 Å². The summed E-state index contributed by atoms with van der Waals surface area (Å²) >= 11 is 0. The number of carbonyl (C=O) groups is 2. The molecule has 27 heavy (non-hydrogen) atoms. The van der Waals surface area contributed by atoms with Gasteiger partial charge in [0, 0.05) is 24.7 Å². The number of aliphatic hydroxyl groups is 2. The molecule has 3 N–H and O–H groups in total. The Hall–Kier alpha value is -1.98. The van der Waals surface area contributed by atoms with Gasteiger partial charge in [-0.2, -0.15) is 0 Å². The van der Waals surface area contributed by atoms with Gasteiger partial charge in [0.25, 0.3) is 0 Å². The standard InChI is InChI=1S/C22H32O5/c1-2-18-19(21(25)16-20(18)24)15-14-17(23)12-10-8-6-4-3-5-7-9-11-13-22(26)27/h3-4,7-10,14-15,17-19,21,23,25H,2,5-6,11-13,16H2,1H3,(H,26,27)/b4-3-,9-7-,10-8-,15-14+/t17-,18+,19+,21+/m0/s1. The molecule has 1 rings (SSSR count). The van der Waals surface area contributed by atoms with E-state index in [4.69, 9.17) is 5.11 Å². The molecule has 0 spiro atoms. The van der Waals surface area contributed by atoms with Gasteiger partial charge in [0.1, 0.15) is 5.78 Å². The van der Waals surface area contributed by atoms with Gasteiger partial charge in [-0.25, -0.2) is 0 Å². The second-order valence-electron chi connectivity index (χ2n) is 6.84. The molecule has 0 aliphatic heterocycles. The lowest BCUT2D eigenvalue weighted by Crippen LogP contribution is -2.18. The van der Waals surface area contributed by atoms with Crippen molar-refractivity contribution in [3.8, 4) is 0 Å². The Kier molecular flexibility index (Phi) is 11.3. The third-order valence-electron chi connectivity index (χ3n) is 4.67. The number of hydrogen-bond acceptors (Lipinski definition) is 4. The summed E-state index contributed by atoms with van der Waals surface area (Å²) in [5.74, 6) is -0.997. The number of carbonyl (C=O) groups excluding carboxylic acids is 1. The molecule has 5 heteroatoms. The van der Waals surface area contributed by atoms with Crippen LogP contribution in [0.15, 0.2) is 48.6 Å². The van der Waals surface area contributed by atoms with E-state index >= 15 is 0 Å². The average Bonchev–Trinajstić information content (AvgIpc) is 2.90. The molecule has 150 valence electrons. The smallest absolute Gasteiger partial charge is 0.303 e. The Bertz CT molecular complexity index is 573. The van der Waals surface area contributed by atoms with Crippen LogP contribution in [-0.4, -0.2) is 39.3 Å². The Morgan fingerprint density at radius 1 is 1.15 bits per heavy atom. The first-order valence-corrected chi connectivity index (χ1v) is 9.69. The molecule has 0 bridgehead atoms. The third-order valence-corrected chi connectivity index (χ3v) is 4.67. The maximum absolute atomic E-state index is 11.8. The minimum atomic E-state index is -0.782. The zero-order valence-corrected chi connectivity index (χ0v) is 16.0. The van der Waals surface area contributed by atoms with E-state index in [1.165, 1.54) is 0 Å². The topological polar surface area (TPSA) is 94.8 Å². The SMILES string of the molecule is CC[C@H]1C(=O)C[C@@H](O)[C@@H]1/C=C/[C@@H](O)C/C=C\C/C=C\C/C=C\CCC(=O)O. The molecule has 1 fully saturated rings.